The maximum Gasteiger partial charge on any atom is 0.336 e. The molecule has 0 saturated heterocycles. The van der Waals surface area contributed by atoms with Crippen molar-refractivity contribution in [3.05, 3.63) is 5.56 Å². The first-order chi connectivity index (χ1) is 8.41. The fourth-order valence-electron chi connectivity index (χ4n) is 1.45. The van der Waals surface area contributed by atoms with Crippen molar-refractivity contribution in [1.29, 1.82) is 0 Å². The zero-order valence-electron chi connectivity index (χ0n) is 10.3. The molecular formula is C11H9B5O2. The van der Waals surface area contributed by atoms with Gasteiger partial charge in [0.15, 0.2) is 0 Å². The third-order valence-corrected chi connectivity index (χ3v) is 2.63. The van der Waals surface area contributed by atoms with E-state index < -0.39 is 5.97 Å². The second-order valence-corrected chi connectivity index (χ2v) is 3.93. The maximum absolute atomic E-state index is 11.8. The van der Waals surface area contributed by atoms with Crippen LogP contribution in [-0.4, -0.2) is 51.8 Å². The third-order valence-electron chi connectivity index (χ3n) is 2.63. The van der Waals surface area contributed by atoms with Crippen LogP contribution in [0.3, 0.4) is 0 Å². The largest absolute Gasteiger partial charge is 0.462 e. The van der Waals surface area contributed by atoms with Gasteiger partial charge in [0.25, 0.3) is 0 Å². The van der Waals surface area contributed by atoms with Gasteiger partial charge in [0.2, 0.25) is 0 Å². The Balaban J connectivity index is 3.13. The molecule has 0 fully saturated rings. The molecule has 0 saturated carbocycles. The Morgan fingerprint density at radius 1 is 0.944 bits per heavy atom. The van der Waals surface area contributed by atoms with Gasteiger partial charge in [0.1, 0.15) is 39.2 Å². The smallest absolute Gasteiger partial charge is 0.336 e. The zero-order chi connectivity index (χ0) is 13.9. The molecule has 1 aromatic carbocycles. The minimum Gasteiger partial charge on any atom is -0.462 e. The van der Waals surface area contributed by atoms with E-state index >= 15 is 0 Å². The Labute approximate surface area is 114 Å². The minimum absolute atomic E-state index is 0.000647. The molecule has 0 aliphatic carbocycles. The highest BCUT2D eigenvalue weighted by Gasteiger charge is 2.17. The molecule has 1 rings (SSSR count). The van der Waals surface area contributed by atoms with Gasteiger partial charge in [-0.3, -0.25) is 0 Å². The van der Waals surface area contributed by atoms with Gasteiger partial charge in [0, 0.05) is 5.56 Å². The molecule has 0 N–H and O–H groups in total. The van der Waals surface area contributed by atoms with Crippen molar-refractivity contribution in [2.24, 2.45) is 0 Å². The summed E-state index contributed by atoms with van der Waals surface area (Å²) in [7, 11) is 28.3. The molecule has 7 heteroatoms. The van der Waals surface area contributed by atoms with E-state index in [0.717, 1.165) is 12.8 Å². The summed E-state index contributed by atoms with van der Waals surface area (Å²) in [5, 5.41) is 0. The van der Waals surface area contributed by atoms with Gasteiger partial charge in [0.05, 0.1) is 6.61 Å². The SMILES string of the molecule is [B]c1c([B])c([B])c(C(=O)OCCCC)c([B])c1[B]. The van der Waals surface area contributed by atoms with Gasteiger partial charge in [-0.2, -0.15) is 0 Å². The Kier molecular flexibility index (Phi) is 5.24. The molecule has 1 aromatic rings. The summed E-state index contributed by atoms with van der Waals surface area (Å²) in [6, 6.07) is 0. The lowest BCUT2D eigenvalue weighted by Gasteiger charge is -2.19. The van der Waals surface area contributed by atoms with E-state index in [1.165, 1.54) is 0 Å². The Morgan fingerprint density at radius 3 is 1.83 bits per heavy atom. The predicted molar refractivity (Wildman–Crippen MR) is 78.6 cm³/mol. The lowest BCUT2D eigenvalue weighted by Crippen LogP contribution is -2.57. The normalized spacial score (nSPS) is 10.3. The summed E-state index contributed by atoms with van der Waals surface area (Å²) in [4.78, 5) is 11.8. The van der Waals surface area contributed by atoms with E-state index in [0.29, 0.717) is 6.61 Å². The quantitative estimate of drug-likeness (QED) is 0.305. The van der Waals surface area contributed by atoms with E-state index in [2.05, 4.69) is 0 Å². The molecule has 0 spiro atoms. The Morgan fingerprint density at radius 2 is 1.39 bits per heavy atom. The molecule has 0 heterocycles. The number of hydrogen-bond acceptors (Lipinski definition) is 2. The van der Waals surface area contributed by atoms with Crippen LogP contribution in [0, 0.1) is 0 Å². The monoisotopic (exact) mass is 228 g/mol. The highest BCUT2D eigenvalue weighted by atomic mass is 16.5. The lowest BCUT2D eigenvalue weighted by atomic mass is 9.60. The first-order valence-corrected chi connectivity index (χ1v) is 5.60. The van der Waals surface area contributed by atoms with Crippen molar-refractivity contribution in [1.82, 2.24) is 0 Å². The predicted octanol–water partition coefficient (Wildman–Crippen LogP) is -3.39. The summed E-state index contributed by atoms with van der Waals surface area (Å²) < 4.78 is 5.03. The number of hydrogen-bond donors (Lipinski definition) is 0. The van der Waals surface area contributed by atoms with Crippen LogP contribution >= 0.6 is 0 Å². The van der Waals surface area contributed by atoms with Gasteiger partial charge in [-0.15, -0.1) is 16.4 Å². The minimum atomic E-state index is -0.642. The van der Waals surface area contributed by atoms with Gasteiger partial charge >= 0.3 is 5.97 Å². The molecule has 0 atom stereocenters. The molecule has 0 unspecified atom stereocenters. The van der Waals surface area contributed by atoms with E-state index in [1.807, 2.05) is 6.92 Å². The van der Waals surface area contributed by atoms with Crippen LogP contribution in [0.5, 0.6) is 0 Å². The van der Waals surface area contributed by atoms with Gasteiger partial charge < -0.3 is 4.74 Å². The lowest BCUT2D eigenvalue weighted by molar-refractivity contribution is 0.0503. The van der Waals surface area contributed by atoms with Crippen LogP contribution in [0.25, 0.3) is 0 Å². The number of carbonyl (C=O) groups is 1. The first kappa shape index (κ1) is 15.1. The van der Waals surface area contributed by atoms with Crippen molar-refractivity contribution in [3.8, 4) is 0 Å². The van der Waals surface area contributed by atoms with Gasteiger partial charge in [-0.25, -0.2) is 4.79 Å². The van der Waals surface area contributed by atoms with Crippen LogP contribution < -0.4 is 27.3 Å². The number of esters is 1. The second-order valence-electron chi connectivity index (χ2n) is 3.93. The van der Waals surface area contributed by atoms with E-state index in [1.54, 1.807) is 0 Å². The van der Waals surface area contributed by atoms with E-state index in [-0.39, 0.29) is 32.9 Å². The highest BCUT2D eigenvalue weighted by molar-refractivity contribution is 6.68. The molecular weight excluding hydrogens is 218 g/mol. The maximum atomic E-state index is 11.8. The number of carbonyl (C=O) groups excluding carboxylic acids is 1. The number of benzene rings is 1. The average molecular weight is 227 g/mol. The summed E-state index contributed by atoms with van der Waals surface area (Å²) in [5.74, 6) is -0.642. The Bertz CT molecular complexity index is 444. The van der Waals surface area contributed by atoms with Crippen LogP contribution in [-0.2, 0) is 4.74 Å². The summed E-state index contributed by atoms with van der Waals surface area (Å²) in [6.45, 7) is 2.27. The summed E-state index contributed by atoms with van der Waals surface area (Å²) >= 11 is 0. The van der Waals surface area contributed by atoms with Crippen molar-refractivity contribution in [3.63, 3.8) is 0 Å². The molecule has 0 aromatic heterocycles. The van der Waals surface area contributed by atoms with Crippen molar-refractivity contribution < 1.29 is 9.53 Å². The van der Waals surface area contributed by atoms with Crippen molar-refractivity contribution in [2.75, 3.05) is 6.61 Å². The zero-order valence-corrected chi connectivity index (χ0v) is 10.3. The summed E-state index contributed by atoms with van der Waals surface area (Å²) in [6.07, 6.45) is 1.66. The highest BCUT2D eigenvalue weighted by Crippen LogP contribution is 1.95. The van der Waals surface area contributed by atoms with Crippen molar-refractivity contribution >= 4 is 72.5 Å². The fraction of sp³-hybridized carbons (Fsp3) is 0.364. The molecule has 2 nitrogen and oxygen atoms in total. The fourth-order valence-corrected chi connectivity index (χ4v) is 1.45. The molecule has 0 bridgehead atoms. The van der Waals surface area contributed by atoms with Crippen molar-refractivity contribution in [2.45, 2.75) is 19.8 Å². The van der Waals surface area contributed by atoms with Gasteiger partial charge in [-0.05, 0) is 6.42 Å². The standard InChI is InChI=1S/C11H9B5O2/c1-2-3-4-18-11(17)5-6(12)8(14)10(16)9(15)7(5)13/h2-4H2,1H3. The molecule has 18 heavy (non-hydrogen) atoms. The molecule has 0 aliphatic heterocycles. The second kappa shape index (κ2) is 6.26. The number of ether oxygens (including phenoxy) is 1. The van der Waals surface area contributed by atoms with Crippen LogP contribution in [0.15, 0.2) is 0 Å². The topological polar surface area (TPSA) is 26.3 Å². The molecule has 80 valence electrons. The third kappa shape index (κ3) is 2.88. The van der Waals surface area contributed by atoms with E-state index in [4.69, 9.17) is 44.0 Å². The molecule has 10 radical (unpaired) electrons. The molecule has 0 amide bonds. The molecule has 0 aliphatic rings. The van der Waals surface area contributed by atoms with Crippen LogP contribution in [0.1, 0.15) is 30.1 Å². The average Bonchev–Trinajstić information content (AvgIpc) is 2.34. The summed E-state index contributed by atoms with van der Waals surface area (Å²) in [5.41, 5.74) is 0.153. The van der Waals surface area contributed by atoms with Crippen LogP contribution in [0.4, 0.5) is 0 Å². The Hall–Kier alpha value is -0.985. The first-order valence-electron chi connectivity index (χ1n) is 5.60. The number of unbranched alkanes of at least 4 members (excludes halogenated alkanes) is 1. The number of rotatable bonds is 4. The van der Waals surface area contributed by atoms with Crippen LogP contribution in [0.2, 0.25) is 0 Å². The van der Waals surface area contributed by atoms with E-state index in [9.17, 15) is 4.79 Å². The van der Waals surface area contributed by atoms with Gasteiger partial charge in [-0.1, -0.05) is 24.3 Å².